The number of aliphatic hydroxyl groups is 2. The average Bonchev–Trinajstić information content (AvgIpc) is 2.54. The van der Waals surface area contributed by atoms with E-state index in [-0.39, 0.29) is 0 Å². The zero-order valence-electron chi connectivity index (χ0n) is 13.8. The van der Waals surface area contributed by atoms with E-state index in [2.05, 4.69) is 0 Å². The van der Waals surface area contributed by atoms with Gasteiger partial charge in [0.05, 0.1) is 19.1 Å². The van der Waals surface area contributed by atoms with Crippen LogP contribution in [0.2, 0.25) is 0 Å². The van der Waals surface area contributed by atoms with Crippen molar-refractivity contribution in [3.05, 3.63) is 0 Å². The van der Waals surface area contributed by atoms with Gasteiger partial charge in [-0.1, -0.05) is 0 Å². The van der Waals surface area contributed by atoms with E-state index < -0.39 is 67.0 Å². The molecule has 148 valence electrons. The molecule has 0 bridgehead atoms. The number of nitrogens with one attached hydrogen (secondary N) is 4. The van der Waals surface area contributed by atoms with Gasteiger partial charge in [0, 0.05) is 0 Å². The highest BCUT2D eigenvalue weighted by molar-refractivity contribution is 5.93. The van der Waals surface area contributed by atoms with Crippen molar-refractivity contribution < 1.29 is 39.3 Å². The zero-order chi connectivity index (χ0) is 20.4. The summed E-state index contributed by atoms with van der Waals surface area (Å²) in [7, 11) is 0. The van der Waals surface area contributed by atoms with Crippen LogP contribution in [0.5, 0.6) is 0 Å². The first-order chi connectivity index (χ1) is 12.0. The Balaban J connectivity index is 4.90. The number of rotatable bonds is 9. The molecule has 0 radical (unpaired) electrons. The maximum Gasteiger partial charge on any atom is 0.328 e. The van der Waals surface area contributed by atoms with Crippen LogP contribution in [0.3, 0.4) is 0 Å². The first-order valence-corrected chi connectivity index (χ1v) is 7.21. The molecule has 0 unspecified atom stereocenters. The molecule has 14 nitrogen and oxygen atoms in total. The Hall–Kier alpha value is -2.97. The van der Waals surface area contributed by atoms with Gasteiger partial charge in [-0.05, 0) is 6.92 Å². The van der Waals surface area contributed by atoms with Crippen LogP contribution in [0.25, 0.3) is 0 Å². The fourth-order valence-electron chi connectivity index (χ4n) is 1.53. The number of hydrazine groups is 1. The predicted octanol–water partition coefficient (Wildman–Crippen LogP) is -5.17. The number of aliphatic hydroxyl groups excluding tert-OH is 2. The molecule has 0 aliphatic heterocycles. The second-order valence-corrected chi connectivity index (χ2v) is 5.16. The van der Waals surface area contributed by atoms with E-state index in [0.29, 0.717) is 0 Å². The Labute approximate surface area is 147 Å². The number of primary amides is 1. The molecular formula is C12H22N6O8. The second kappa shape index (κ2) is 10.8. The highest BCUT2D eigenvalue weighted by atomic mass is 16.4. The molecule has 0 aromatic carbocycles. The maximum absolute atomic E-state index is 11.9. The normalized spacial score (nSPS) is 14.9. The van der Waals surface area contributed by atoms with Gasteiger partial charge in [0.2, 0.25) is 5.91 Å². The van der Waals surface area contributed by atoms with Crippen LogP contribution in [-0.2, 0) is 19.2 Å². The van der Waals surface area contributed by atoms with Crippen LogP contribution in [-0.4, -0.2) is 75.9 Å². The summed E-state index contributed by atoms with van der Waals surface area (Å²) < 4.78 is 0. The largest absolute Gasteiger partial charge is 0.480 e. The van der Waals surface area contributed by atoms with Crippen molar-refractivity contribution in [1.29, 1.82) is 0 Å². The van der Waals surface area contributed by atoms with E-state index in [4.69, 9.17) is 21.7 Å². The summed E-state index contributed by atoms with van der Waals surface area (Å²) in [6.07, 6.45) is -2.12. The predicted molar refractivity (Wildman–Crippen MR) is 83.7 cm³/mol. The third-order valence-corrected chi connectivity index (χ3v) is 2.90. The fraction of sp³-hybridized carbons (Fsp3) is 0.583. The minimum Gasteiger partial charge on any atom is -0.480 e. The van der Waals surface area contributed by atoms with Crippen LogP contribution in [0.4, 0.5) is 4.79 Å². The topological polar surface area (TPSA) is 246 Å². The molecule has 11 N–H and O–H groups in total. The lowest BCUT2D eigenvalue weighted by molar-refractivity contribution is -0.141. The van der Waals surface area contributed by atoms with Gasteiger partial charge in [-0.15, -0.1) is 0 Å². The summed E-state index contributed by atoms with van der Waals surface area (Å²) in [5, 5.41) is 30.7. The van der Waals surface area contributed by atoms with Crippen LogP contribution < -0.4 is 33.0 Å². The number of carboxylic acids is 1. The zero-order valence-corrected chi connectivity index (χ0v) is 13.8. The summed E-state index contributed by atoms with van der Waals surface area (Å²) in [6.45, 7) is 0.426. The van der Waals surface area contributed by atoms with E-state index >= 15 is 0 Å². The van der Waals surface area contributed by atoms with Crippen LogP contribution in [0.1, 0.15) is 13.3 Å². The number of hydrogen-bond donors (Lipinski definition) is 9. The van der Waals surface area contributed by atoms with Gasteiger partial charge in [-0.2, -0.15) is 0 Å². The molecule has 0 spiro atoms. The summed E-state index contributed by atoms with van der Waals surface area (Å²) in [4.78, 5) is 57.0. The Morgan fingerprint density at radius 1 is 1.04 bits per heavy atom. The molecule has 0 heterocycles. The molecule has 0 saturated heterocycles. The van der Waals surface area contributed by atoms with Crippen LogP contribution in [0.15, 0.2) is 0 Å². The number of amides is 5. The second-order valence-electron chi connectivity index (χ2n) is 5.16. The molecule has 0 saturated carbocycles. The van der Waals surface area contributed by atoms with Crippen molar-refractivity contribution in [3.8, 4) is 0 Å². The molecule has 0 aliphatic rings. The molecule has 14 heteroatoms. The molecule has 4 atom stereocenters. The lowest BCUT2D eigenvalue weighted by Gasteiger charge is -2.21. The smallest absolute Gasteiger partial charge is 0.328 e. The number of urea groups is 1. The molecule has 0 aromatic heterocycles. The van der Waals surface area contributed by atoms with Crippen molar-refractivity contribution in [2.24, 2.45) is 11.5 Å². The van der Waals surface area contributed by atoms with Crippen molar-refractivity contribution >= 4 is 29.7 Å². The monoisotopic (exact) mass is 378 g/mol. The number of nitrogens with two attached hydrogens (primary N) is 2. The van der Waals surface area contributed by atoms with Gasteiger partial charge in [0.1, 0.15) is 12.1 Å². The summed E-state index contributed by atoms with van der Waals surface area (Å²) in [6, 6.07) is -5.74. The highest BCUT2D eigenvalue weighted by Crippen LogP contribution is 1.96. The molecule has 0 rings (SSSR count). The molecular weight excluding hydrogens is 356 g/mol. The molecule has 0 fully saturated rings. The summed E-state index contributed by atoms with van der Waals surface area (Å²) in [5.41, 5.74) is 13.9. The minimum atomic E-state index is -1.67. The first-order valence-electron chi connectivity index (χ1n) is 7.21. The van der Waals surface area contributed by atoms with Crippen molar-refractivity contribution in [1.82, 2.24) is 21.5 Å². The van der Waals surface area contributed by atoms with E-state index in [1.165, 1.54) is 0 Å². The number of aliphatic carboxylic acids is 1. The summed E-state index contributed by atoms with van der Waals surface area (Å²) in [5.74, 6) is -4.52. The number of carbonyl (C=O) groups excluding carboxylic acids is 4. The van der Waals surface area contributed by atoms with Crippen molar-refractivity contribution in [3.63, 3.8) is 0 Å². The highest BCUT2D eigenvalue weighted by Gasteiger charge is 2.28. The van der Waals surface area contributed by atoms with Crippen molar-refractivity contribution in [2.75, 3.05) is 6.61 Å². The summed E-state index contributed by atoms with van der Waals surface area (Å²) >= 11 is 0. The van der Waals surface area contributed by atoms with E-state index in [1.54, 1.807) is 0 Å². The van der Waals surface area contributed by atoms with E-state index in [9.17, 15) is 29.1 Å². The van der Waals surface area contributed by atoms with Gasteiger partial charge < -0.3 is 37.4 Å². The SMILES string of the molecule is C[C@H](O)[C@H](NC(=O)N[C@@H](CC(N)=O)C(=O)NNC(=O)[C@@H](N)CO)C(=O)O. The number of carbonyl (C=O) groups is 5. The first kappa shape index (κ1) is 23.0. The third-order valence-electron chi connectivity index (χ3n) is 2.90. The molecule has 0 aromatic rings. The van der Waals surface area contributed by atoms with Crippen molar-refractivity contribution in [2.45, 2.75) is 37.6 Å². The number of carboxylic acid groups (broad SMARTS) is 1. The van der Waals surface area contributed by atoms with Crippen LogP contribution in [0, 0.1) is 0 Å². The Bertz CT molecular complexity index is 554. The van der Waals surface area contributed by atoms with Gasteiger partial charge >= 0.3 is 12.0 Å². The standard InChI is InChI=1S/C12H22N6O8/c1-4(20)8(11(24)25)16-12(26)15-6(2-7(14)21)10(23)18-17-9(22)5(13)3-19/h4-6,8,19-20H,2-3,13H2,1H3,(H2,14,21)(H,17,22)(H,18,23)(H,24,25)(H2,15,16,26)/t4-,5-,6-,8-/m0/s1. The lowest BCUT2D eigenvalue weighted by atomic mass is 10.1. The quantitative estimate of drug-likeness (QED) is 0.174. The Kier molecular flexibility index (Phi) is 9.57. The van der Waals surface area contributed by atoms with Gasteiger partial charge in [-0.25, -0.2) is 9.59 Å². The van der Waals surface area contributed by atoms with E-state index in [0.717, 1.165) is 6.92 Å². The Morgan fingerprint density at radius 2 is 1.58 bits per heavy atom. The number of hydrogen-bond acceptors (Lipinski definition) is 8. The average molecular weight is 378 g/mol. The fourth-order valence-corrected chi connectivity index (χ4v) is 1.53. The molecule has 0 aliphatic carbocycles. The lowest BCUT2D eigenvalue weighted by Crippen LogP contribution is -2.59. The van der Waals surface area contributed by atoms with E-state index in [1.807, 2.05) is 21.5 Å². The Morgan fingerprint density at radius 3 is 2.00 bits per heavy atom. The molecule has 5 amide bonds. The molecule has 26 heavy (non-hydrogen) atoms. The van der Waals surface area contributed by atoms with Crippen LogP contribution >= 0.6 is 0 Å². The van der Waals surface area contributed by atoms with Gasteiger partial charge in [0.15, 0.2) is 6.04 Å². The van der Waals surface area contributed by atoms with Gasteiger partial charge in [-0.3, -0.25) is 25.2 Å². The maximum atomic E-state index is 11.9. The third kappa shape index (κ3) is 8.22. The van der Waals surface area contributed by atoms with Gasteiger partial charge in [0.25, 0.3) is 11.8 Å². The minimum absolute atomic E-state index is 0.673.